The summed E-state index contributed by atoms with van der Waals surface area (Å²) in [5.41, 5.74) is 1.69. The summed E-state index contributed by atoms with van der Waals surface area (Å²) in [6.45, 7) is 4.65. The van der Waals surface area contributed by atoms with E-state index in [1.165, 1.54) is 51.6 Å². The predicted octanol–water partition coefficient (Wildman–Crippen LogP) is 2.88. The number of hydrogen-bond donors (Lipinski definition) is 1. The van der Waals surface area contributed by atoms with E-state index in [4.69, 9.17) is 0 Å². The molecule has 0 radical (unpaired) electrons. The summed E-state index contributed by atoms with van der Waals surface area (Å²) in [6.07, 6.45) is 10.5. The molecule has 0 aromatic carbocycles. The molecule has 1 fully saturated rings. The Hall–Kier alpha value is -0.300. The molecule has 12 heavy (non-hydrogen) atoms. The Morgan fingerprint density at radius 1 is 1.25 bits per heavy atom. The average molecular weight is 167 g/mol. The molecule has 0 unspecified atom stereocenters. The van der Waals surface area contributed by atoms with Crippen LogP contribution in [0.15, 0.2) is 11.6 Å². The van der Waals surface area contributed by atoms with Gasteiger partial charge in [0.05, 0.1) is 0 Å². The topological polar surface area (TPSA) is 12.0 Å². The van der Waals surface area contributed by atoms with Gasteiger partial charge in [-0.15, -0.1) is 0 Å². The quantitative estimate of drug-likeness (QED) is 0.501. The normalized spacial score (nSPS) is 17.9. The zero-order valence-electron chi connectivity index (χ0n) is 8.23. The van der Waals surface area contributed by atoms with Crippen molar-refractivity contribution in [3.8, 4) is 0 Å². The zero-order valence-corrected chi connectivity index (χ0v) is 8.23. The van der Waals surface area contributed by atoms with E-state index in [1.54, 1.807) is 5.57 Å². The lowest BCUT2D eigenvalue weighted by atomic mass is 10.0. The molecule has 1 heterocycles. The van der Waals surface area contributed by atoms with Crippen LogP contribution in [-0.2, 0) is 0 Å². The molecule has 1 nitrogen and oxygen atoms in total. The van der Waals surface area contributed by atoms with Crippen LogP contribution in [0.4, 0.5) is 0 Å². The first-order valence-electron chi connectivity index (χ1n) is 5.32. The number of rotatable bonds is 4. The van der Waals surface area contributed by atoms with E-state index >= 15 is 0 Å². The molecule has 0 atom stereocenters. The van der Waals surface area contributed by atoms with Gasteiger partial charge in [-0.05, 0) is 38.8 Å². The predicted molar refractivity (Wildman–Crippen MR) is 54.3 cm³/mol. The summed E-state index contributed by atoms with van der Waals surface area (Å²) in [7, 11) is 0. The molecule has 1 aliphatic rings. The van der Waals surface area contributed by atoms with Gasteiger partial charge >= 0.3 is 0 Å². The van der Waals surface area contributed by atoms with Crippen molar-refractivity contribution < 1.29 is 0 Å². The van der Waals surface area contributed by atoms with Crippen LogP contribution in [0.1, 0.15) is 45.4 Å². The minimum absolute atomic E-state index is 1.19. The number of piperidine rings is 1. The van der Waals surface area contributed by atoms with Crippen LogP contribution in [0.25, 0.3) is 0 Å². The van der Waals surface area contributed by atoms with Gasteiger partial charge in [0, 0.05) is 0 Å². The van der Waals surface area contributed by atoms with Crippen LogP contribution in [0.5, 0.6) is 0 Å². The van der Waals surface area contributed by atoms with Gasteiger partial charge in [0.2, 0.25) is 0 Å². The highest BCUT2D eigenvalue weighted by atomic mass is 14.9. The summed E-state index contributed by atoms with van der Waals surface area (Å²) in [5, 5.41) is 3.38. The molecule has 1 heteroatoms. The van der Waals surface area contributed by atoms with Crippen LogP contribution in [0.3, 0.4) is 0 Å². The molecule has 0 amide bonds. The first kappa shape index (κ1) is 9.79. The van der Waals surface area contributed by atoms with E-state index in [1.807, 2.05) is 0 Å². The van der Waals surface area contributed by atoms with Crippen LogP contribution in [-0.4, -0.2) is 13.1 Å². The molecule has 70 valence electrons. The third-order valence-electron chi connectivity index (χ3n) is 2.49. The maximum absolute atomic E-state index is 3.38. The molecule has 0 bridgehead atoms. The van der Waals surface area contributed by atoms with Gasteiger partial charge < -0.3 is 5.32 Å². The Balaban J connectivity index is 2.08. The summed E-state index contributed by atoms with van der Waals surface area (Å²) < 4.78 is 0. The van der Waals surface area contributed by atoms with Gasteiger partial charge in [-0.1, -0.05) is 31.4 Å². The largest absolute Gasteiger partial charge is 0.316 e. The Morgan fingerprint density at radius 3 is 2.67 bits per heavy atom. The Bertz CT molecular complexity index is 130. The lowest BCUT2D eigenvalue weighted by Gasteiger charge is -2.14. The van der Waals surface area contributed by atoms with Gasteiger partial charge in [-0.2, -0.15) is 0 Å². The van der Waals surface area contributed by atoms with Crippen LogP contribution in [0.2, 0.25) is 0 Å². The molecule has 0 aromatic rings. The lowest BCUT2D eigenvalue weighted by Crippen LogP contribution is -2.22. The van der Waals surface area contributed by atoms with E-state index in [2.05, 4.69) is 18.3 Å². The van der Waals surface area contributed by atoms with E-state index < -0.39 is 0 Å². The molecular weight excluding hydrogens is 146 g/mol. The Labute approximate surface area is 76.2 Å². The summed E-state index contributed by atoms with van der Waals surface area (Å²) in [5.74, 6) is 0. The number of allylic oxidation sites excluding steroid dienone is 1. The van der Waals surface area contributed by atoms with Crippen molar-refractivity contribution in [3.63, 3.8) is 0 Å². The molecule has 0 aromatic heterocycles. The second kappa shape index (κ2) is 6.24. The number of hydrogen-bond acceptors (Lipinski definition) is 1. The van der Waals surface area contributed by atoms with Gasteiger partial charge in [0.1, 0.15) is 0 Å². The molecule has 0 spiro atoms. The second-order valence-electron chi connectivity index (χ2n) is 3.61. The van der Waals surface area contributed by atoms with E-state index in [-0.39, 0.29) is 0 Å². The van der Waals surface area contributed by atoms with Gasteiger partial charge in [-0.25, -0.2) is 0 Å². The van der Waals surface area contributed by atoms with Gasteiger partial charge in [0.15, 0.2) is 0 Å². The maximum atomic E-state index is 3.38. The first-order valence-corrected chi connectivity index (χ1v) is 5.32. The third kappa shape index (κ3) is 3.91. The zero-order chi connectivity index (χ0) is 8.65. The van der Waals surface area contributed by atoms with Crippen LogP contribution >= 0.6 is 0 Å². The Morgan fingerprint density at radius 2 is 2.00 bits per heavy atom. The molecule has 1 aliphatic heterocycles. The van der Waals surface area contributed by atoms with Gasteiger partial charge in [0.25, 0.3) is 0 Å². The number of unbranched alkanes of at least 4 members (excludes halogenated alkanes) is 3. The fourth-order valence-corrected chi connectivity index (χ4v) is 1.65. The van der Waals surface area contributed by atoms with Crippen molar-refractivity contribution in [1.29, 1.82) is 0 Å². The highest BCUT2D eigenvalue weighted by Crippen LogP contribution is 2.12. The minimum Gasteiger partial charge on any atom is -0.316 e. The minimum atomic E-state index is 1.19. The Kier molecular flexibility index (Phi) is 5.09. The van der Waals surface area contributed by atoms with E-state index in [9.17, 15) is 0 Å². The molecule has 1 saturated heterocycles. The summed E-state index contributed by atoms with van der Waals surface area (Å²) >= 11 is 0. The summed E-state index contributed by atoms with van der Waals surface area (Å²) in [6, 6.07) is 0. The second-order valence-corrected chi connectivity index (χ2v) is 3.61. The van der Waals surface area contributed by atoms with Crippen molar-refractivity contribution in [2.24, 2.45) is 0 Å². The third-order valence-corrected chi connectivity index (χ3v) is 2.49. The highest BCUT2D eigenvalue weighted by Gasteiger charge is 2.02. The number of nitrogens with one attached hydrogen (secondary N) is 1. The van der Waals surface area contributed by atoms with E-state index in [0.29, 0.717) is 0 Å². The van der Waals surface area contributed by atoms with Gasteiger partial charge in [-0.3, -0.25) is 0 Å². The molecule has 0 aliphatic carbocycles. The first-order chi connectivity index (χ1) is 5.93. The van der Waals surface area contributed by atoms with Crippen molar-refractivity contribution in [1.82, 2.24) is 5.32 Å². The van der Waals surface area contributed by atoms with Crippen molar-refractivity contribution in [3.05, 3.63) is 11.6 Å². The van der Waals surface area contributed by atoms with Crippen molar-refractivity contribution >= 4 is 0 Å². The molecule has 0 saturated carbocycles. The highest BCUT2D eigenvalue weighted by molar-refractivity contribution is 5.05. The fraction of sp³-hybridized carbons (Fsp3) is 0.818. The summed E-state index contributed by atoms with van der Waals surface area (Å²) in [4.78, 5) is 0. The lowest BCUT2D eigenvalue weighted by molar-refractivity contribution is 0.604. The van der Waals surface area contributed by atoms with E-state index in [0.717, 1.165) is 0 Å². The molecule has 1 rings (SSSR count). The SMILES string of the molecule is CCCCCC=C1CCNCC1. The average Bonchev–Trinajstić information content (AvgIpc) is 2.14. The monoisotopic (exact) mass is 167 g/mol. The van der Waals surface area contributed by atoms with Crippen LogP contribution in [0, 0.1) is 0 Å². The maximum Gasteiger partial charge on any atom is -0.00115 e. The van der Waals surface area contributed by atoms with Crippen LogP contribution < -0.4 is 5.32 Å². The fourth-order valence-electron chi connectivity index (χ4n) is 1.65. The molecule has 1 N–H and O–H groups in total. The van der Waals surface area contributed by atoms with Crippen molar-refractivity contribution in [2.75, 3.05) is 13.1 Å². The smallest absolute Gasteiger partial charge is 0.00115 e. The van der Waals surface area contributed by atoms with Crippen molar-refractivity contribution in [2.45, 2.75) is 45.4 Å². The standard InChI is InChI=1S/C11H21N/c1-2-3-4-5-6-11-7-9-12-10-8-11/h6,12H,2-5,7-10H2,1H3. The molecular formula is C11H21N.